The zero-order chi connectivity index (χ0) is 18.2. The molecular weight excluding hydrogens is 316 g/mol. The molecule has 0 aromatic heterocycles. The van der Waals surface area contributed by atoms with E-state index in [0.29, 0.717) is 29.6 Å². The van der Waals surface area contributed by atoms with E-state index >= 15 is 0 Å². The van der Waals surface area contributed by atoms with Crippen molar-refractivity contribution in [3.63, 3.8) is 0 Å². The van der Waals surface area contributed by atoms with Crippen LogP contribution in [0.25, 0.3) is 6.08 Å². The zero-order valence-electron chi connectivity index (χ0n) is 15.1. The lowest BCUT2D eigenvalue weighted by Crippen LogP contribution is -2.04. The molecule has 4 heteroatoms. The summed E-state index contributed by atoms with van der Waals surface area (Å²) in [5, 5.41) is 0. The van der Waals surface area contributed by atoms with Crippen LogP contribution in [0.1, 0.15) is 29.8 Å². The van der Waals surface area contributed by atoms with Crippen LogP contribution in [0.2, 0.25) is 0 Å². The van der Waals surface area contributed by atoms with Crippen LogP contribution >= 0.6 is 0 Å². The zero-order valence-corrected chi connectivity index (χ0v) is 15.1. The van der Waals surface area contributed by atoms with Gasteiger partial charge in [-0.15, -0.1) is 0 Å². The van der Waals surface area contributed by atoms with Gasteiger partial charge in [0.1, 0.15) is 5.75 Å². The Morgan fingerprint density at radius 2 is 1.80 bits per heavy atom. The van der Waals surface area contributed by atoms with Crippen molar-refractivity contribution in [3.8, 4) is 17.2 Å². The van der Waals surface area contributed by atoms with Crippen molar-refractivity contribution in [2.75, 3.05) is 20.8 Å². The Morgan fingerprint density at radius 3 is 2.48 bits per heavy atom. The highest BCUT2D eigenvalue weighted by molar-refractivity contribution is 6.07. The Hall–Kier alpha value is -2.75. The predicted molar refractivity (Wildman–Crippen MR) is 99.7 cm³/mol. The second-order valence-corrected chi connectivity index (χ2v) is 6.04. The normalized spacial score (nSPS) is 10.9. The molecule has 0 aliphatic rings. The van der Waals surface area contributed by atoms with Crippen molar-refractivity contribution in [1.29, 1.82) is 0 Å². The number of allylic oxidation sites excluding steroid dienone is 1. The van der Waals surface area contributed by atoms with Crippen LogP contribution in [0.3, 0.4) is 0 Å². The van der Waals surface area contributed by atoms with Crippen LogP contribution in [0.15, 0.2) is 48.5 Å². The SMILES string of the molecule is COc1ccc(C(=O)/C=C/c2cccc(OCC(C)C)c2)cc1OC. The van der Waals surface area contributed by atoms with Gasteiger partial charge in [-0.1, -0.05) is 32.1 Å². The maximum absolute atomic E-state index is 12.4. The lowest BCUT2D eigenvalue weighted by Gasteiger charge is -2.09. The van der Waals surface area contributed by atoms with Gasteiger partial charge in [-0.25, -0.2) is 0 Å². The van der Waals surface area contributed by atoms with E-state index in [1.807, 2.05) is 24.3 Å². The summed E-state index contributed by atoms with van der Waals surface area (Å²) in [6.45, 7) is 4.87. The summed E-state index contributed by atoms with van der Waals surface area (Å²) in [5.41, 5.74) is 1.45. The molecule has 0 unspecified atom stereocenters. The van der Waals surface area contributed by atoms with Gasteiger partial charge in [-0.2, -0.15) is 0 Å². The van der Waals surface area contributed by atoms with Crippen molar-refractivity contribution < 1.29 is 19.0 Å². The number of benzene rings is 2. The Bertz CT molecular complexity index is 747. The molecular formula is C21H24O4. The summed E-state index contributed by atoms with van der Waals surface area (Å²) >= 11 is 0. The molecule has 0 amide bonds. The molecule has 132 valence electrons. The van der Waals surface area contributed by atoms with Gasteiger partial charge < -0.3 is 14.2 Å². The molecule has 0 bridgehead atoms. The second-order valence-electron chi connectivity index (χ2n) is 6.04. The lowest BCUT2D eigenvalue weighted by atomic mass is 10.1. The van der Waals surface area contributed by atoms with E-state index in [2.05, 4.69) is 13.8 Å². The van der Waals surface area contributed by atoms with Crippen molar-refractivity contribution in [1.82, 2.24) is 0 Å². The highest BCUT2D eigenvalue weighted by Crippen LogP contribution is 2.28. The number of hydrogen-bond donors (Lipinski definition) is 0. The molecule has 0 saturated carbocycles. The number of carbonyl (C=O) groups is 1. The van der Waals surface area contributed by atoms with Gasteiger partial charge in [0.15, 0.2) is 17.3 Å². The van der Waals surface area contributed by atoms with Gasteiger partial charge >= 0.3 is 0 Å². The largest absolute Gasteiger partial charge is 0.493 e. The van der Waals surface area contributed by atoms with E-state index in [1.165, 1.54) is 0 Å². The fraction of sp³-hybridized carbons (Fsp3) is 0.286. The third-order valence-corrected chi connectivity index (χ3v) is 3.54. The molecule has 25 heavy (non-hydrogen) atoms. The minimum absolute atomic E-state index is 0.102. The number of ketones is 1. The molecule has 2 rings (SSSR count). The van der Waals surface area contributed by atoms with Crippen LogP contribution in [0, 0.1) is 5.92 Å². The van der Waals surface area contributed by atoms with Gasteiger partial charge in [-0.3, -0.25) is 4.79 Å². The molecule has 0 radical (unpaired) electrons. The smallest absolute Gasteiger partial charge is 0.185 e. The summed E-state index contributed by atoms with van der Waals surface area (Å²) in [4.78, 5) is 12.4. The fourth-order valence-corrected chi connectivity index (χ4v) is 2.23. The summed E-state index contributed by atoms with van der Waals surface area (Å²) in [6, 6.07) is 12.8. The lowest BCUT2D eigenvalue weighted by molar-refractivity contribution is 0.104. The molecule has 0 aliphatic heterocycles. The molecule has 0 saturated heterocycles. The molecule has 0 atom stereocenters. The Balaban J connectivity index is 2.11. The number of methoxy groups -OCH3 is 2. The van der Waals surface area contributed by atoms with Crippen LogP contribution in [-0.4, -0.2) is 26.6 Å². The Morgan fingerprint density at radius 1 is 1.04 bits per heavy atom. The average Bonchev–Trinajstić information content (AvgIpc) is 2.64. The molecule has 2 aromatic carbocycles. The van der Waals surface area contributed by atoms with Crippen molar-refractivity contribution in [2.45, 2.75) is 13.8 Å². The van der Waals surface area contributed by atoms with Gasteiger partial charge in [-0.05, 0) is 47.9 Å². The van der Waals surface area contributed by atoms with Crippen LogP contribution in [0.4, 0.5) is 0 Å². The summed E-state index contributed by atoms with van der Waals surface area (Å²) in [7, 11) is 3.11. The summed E-state index contributed by atoms with van der Waals surface area (Å²) in [5.74, 6) is 2.29. The Kier molecular flexibility index (Phi) is 6.63. The summed E-state index contributed by atoms with van der Waals surface area (Å²) in [6.07, 6.45) is 3.32. The highest BCUT2D eigenvalue weighted by atomic mass is 16.5. The third-order valence-electron chi connectivity index (χ3n) is 3.54. The third kappa shape index (κ3) is 5.38. The topological polar surface area (TPSA) is 44.8 Å². The maximum atomic E-state index is 12.4. The first-order valence-electron chi connectivity index (χ1n) is 8.20. The molecule has 0 aliphatic carbocycles. The van der Waals surface area contributed by atoms with E-state index in [4.69, 9.17) is 14.2 Å². The molecule has 0 N–H and O–H groups in total. The minimum Gasteiger partial charge on any atom is -0.493 e. The van der Waals surface area contributed by atoms with Gasteiger partial charge in [0, 0.05) is 5.56 Å². The van der Waals surface area contributed by atoms with Crippen molar-refractivity contribution in [3.05, 3.63) is 59.7 Å². The van der Waals surface area contributed by atoms with Crippen molar-refractivity contribution >= 4 is 11.9 Å². The molecule has 0 spiro atoms. The molecule has 4 nitrogen and oxygen atoms in total. The van der Waals surface area contributed by atoms with E-state index in [1.54, 1.807) is 44.6 Å². The molecule has 0 fully saturated rings. The number of hydrogen-bond acceptors (Lipinski definition) is 4. The molecule has 0 heterocycles. The van der Waals surface area contributed by atoms with Crippen molar-refractivity contribution in [2.24, 2.45) is 5.92 Å². The van der Waals surface area contributed by atoms with Crippen LogP contribution < -0.4 is 14.2 Å². The van der Waals surface area contributed by atoms with Gasteiger partial charge in [0.2, 0.25) is 0 Å². The van der Waals surface area contributed by atoms with Gasteiger partial charge in [0.25, 0.3) is 0 Å². The van der Waals surface area contributed by atoms with E-state index in [9.17, 15) is 4.79 Å². The quantitative estimate of drug-likeness (QED) is 0.519. The first-order chi connectivity index (χ1) is 12.0. The number of ether oxygens (including phenoxy) is 3. The standard InChI is InChI=1S/C21H24O4/c1-15(2)14-25-18-7-5-6-16(12-18)8-10-19(22)17-9-11-20(23-3)21(13-17)24-4/h5-13,15H,14H2,1-4H3/b10-8+. The fourth-order valence-electron chi connectivity index (χ4n) is 2.23. The predicted octanol–water partition coefficient (Wildman–Crippen LogP) is 4.63. The van der Waals surface area contributed by atoms with Crippen LogP contribution in [0.5, 0.6) is 17.2 Å². The number of rotatable bonds is 8. The van der Waals surface area contributed by atoms with E-state index < -0.39 is 0 Å². The first kappa shape index (κ1) is 18.6. The summed E-state index contributed by atoms with van der Waals surface area (Å²) < 4.78 is 16.1. The Labute approximate surface area is 149 Å². The van der Waals surface area contributed by atoms with E-state index in [0.717, 1.165) is 11.3 Å². The van der Waals surface area contributed by atoms with E-state index in [-0.39, 0.29) is 5.78 Å². The second kappa shape index (κ2) is 8.92. The first-order valence-corrected chi connectivity index (χ1v) is 8.20. The maximum Gasteiger partial charge on any atom is 0.185 e. The average molecular weight is 340 g/mol. The minimum atomic E-state index is -0.102. The van der Waals surface area contributed by atoms with Crippen LogP contribution in [-0.2, 0) is 0 Å². The molecule has 2 aromatic rings. The highest BCUT2D eigenvalue weighted by Gasteiger charge is 2.08. The monoisotopic (exact) mass is 340 g/mol. The van der Waals surface area contributed by atoms with Gasteiger partial charge in [0.05, 0.1) is 20.8 Å². The number of carbonyl (C=O) groups excluding carboxylic acids is 1.